The minimum absolute atomic E-state index is 0.0282. The first-order chi connectivity index (χ1) is 15.9. The topological polar surface area (TPSA) is 52.7 Å². The van der Waals surface area contributed by atoms with E-state index in [1.165, 1.54) is 17.0 Å². The van der Waals surface area contributed by atoms with Gasteiger partial charge in [0.15, 0.2) is 5.11 Å². The van der Waals surface area contributed by atoms with Crippen LogP contribution in [0.3, 0.4) is 0 Å². The molecule has 0 aromatic heterocycles. The molecule has 5 nitrogen and oxygen atoms in total. The second-order valence-electron chi connectivity index (χ2n) is 8.00. The van der Waals surface area contributed by atoms with Crippen LogP contribution in [0, 0.1) is 12.7 Å². The van der Waals surface area contributed by atoms with Gasteiger partial charge in [0.1, 0.15) is 11.9 Å². The quantitative estimate of drug-likeness (QED) is 0.518. The van der Waals surface area contributed by atoms with Crippen LogP contribution in [0.1, 0.15) is 17.5 Å². The van der Waals surface area contributed by atoms with Crippen molar-refractivity contribution in [3.8, 4) is 0 Å². The monoisotopic (exact) mass is 461 g/mol. The van der Waals surface area contributed by atoms with Crippen LogP contribution in [0.2, 0.25) is 0 Å². The summed E-state index contributed by atoms with van der Waals surface area (Å²) in [4.78, 5) is 29.5. The SMILES string of the molecule is Cc1ccc(NC(=O)C[C@H]2C(=O)N(c3ccccc3)C(=S)N2CCc2ccc(F)cc2)cc1. The van der Waals surface area contributed by atoms with E-state index in [9.17, 15) is 14.0 Å². The van der Waals surface area contributed by atoms with Crippen LogP contribution in [-0.4, -0.2) is 34.4 Å². The number of amides is 2. The lowest BCUT2D eigenvalue weighted by Crippen LogP contribution is -2.39. The summed E-state index contributed by atoms with van der Waals surface area (Å²) in [5.41, 5.74) is 3.36. The van der Waals surface area contributed by atoms with Crippen molar-refractivity contribution in [1.82, 2.24) is 4.90 Å². The highest BCUT2D eigenvalue weighted by atomic mass is 32.1. The molecule has 1 N–H and O–H groups in total. The molecule has 0 aliphatic carbocycles. The van der Waals surface area contributed by atoms with Gasteiger partial charge in [0.25, 0.3) is 5.91 Å². The van der Waals surface area contributed by atoms with Crippen LogP contribution in [0.15, 0.2) is 78.9 Å². The zero-order valence-electron chi connectivity index (χ0n) is 18.2. The van der Waals surface area contributed by atoms with Gasteiger partial charge in [-0.25, -0.2) is 4.39 Å². The van der Waals surface area contributed by atoms with E-state index in [-0.39, 0.29) is 24.1 Å². The van der Waals surface area contributed by atoms with Crippen LogP contribution >= 0.6 is 12.2 Å². The normalized spacial score (nSPS) is 15.8. The third kappa shape index (κ3) is 5.26. The number of halogens is 1. The average Bonchev–Trinajstić information content (AvgIpc) is 3.04. The number of nitrogens with one attached hydrogen (secondary N) is 1. The number of carbonyl (C=O) groups excluding carboxylic acids is 2. The van der Waals surface area contributed by atoms with Crippen molar-refractivity contribution in [3.63, 3.8) is 0 Å². The van der Waals surface area contributed by atoms with Crippen molar-refractivity contribution in [3.05, 3.63) is 95.8 Å². The molecule has 7 heteroatoms. The molecule has 168 valence electrons. The van der Waals surface area contributed by atoms with E-state index in [4.69, 9.17) is 12.2 Å². The molecular formula is C26H24FN3O2S. The van der Waals surface area contributed by atoms with Crippen molar-refractivity contribution in [1.29, 1.82) is 0 Å². The summed E-state index contributed by atoms with van der Waals surface area (Å²) in [6.07, 6.45) is 0.534. The number of hydrogen-bond acceptors (Lipinski definition) is 3. The molecular weight excluding hydrogens is 437 g/mol. The predicted molar refractivity (Wildman–Crippen MR) is 132 cm³/mol. The fourth-order valence-electron chi connectivity index (χ4n) is 3.83. The molecule has 3 aromatic rings. The van der Waals surface area contributed by atoms with Crippen molar-refractivity contribution >= 4 is 40.5 Å². The minimum atomic E-state index is -0.719. The summed E-state index contributed by atoms with van der Waals surface area (Å²) in [6, 6.07) is 22.2. The Hall–Kier alpha value is -3.58. The molecule has 1 aliphatic rings. The van der Waals surface area contributed by atoms with E-state index in [0.29, 0.717) is 29.5 Å². The lowest BCUT2D eigenvalue weighted by Gasteiger charge is -2.24. The number of hydrogen-bond donors (Lipinski definition) is 1. The zero-order chi connectivity index (χ0) is 23.4. The van der Waals surface area contributed by atoms with Crippen LogP contribution < -0.4 is 10.2 Å². The third-order valence-corrected chi connectivity index (χ3v) is 6.02. The highest BCUT2D eigenvalue weighted by Gasteiger charge is 2.43. The Labute approximate surface area is 197 Å². The van der Waals surface area contributed by atoms with Gasteiger partial charge in [-0.1, -0.05) is 48.0 Å². The third-order valence-electron chi connectivity index (χ3n) is 5.60. The number of rotatable bonds is 7. The van der Waals surface area contributed by atoms with Crippen molar-refractivity contribution in [2.24, 2.45) is 0 Å². The van der Waals surface area contributed by atoms with Crippen LogP contribution in [0.5, 0.6) is 0 Å². The van der Waals surface area contributed by atoms with Gasteiger partial charge in [-0.05, 0) is 67.5 Å². The number of carbonyl (C=O) groups is 2. The average molecular weight is 462 g/mol. The van der Waals surface area contributed by atoms with Crippen molar-refractivity contribution in [2.75, 3.05) is 16.8 Å². The van der Waals surface area contributed by atoms with E-state index < -0.39 is 6.04 Å². The number of aryl methyl sites for hydroxylation is 1. The zero-order valence-corrected chi connectivity index (χ0v) is 19.0. The van der Waals surface area contributed by atoms with Gasteiger partial charge >= 0.3 is 0 Å². The van der Waals surface area contributed by atoms with Gasteiger partial charge < -0.3 is 10.2 Å². The van der Waals surface area contributed by atoms with Crippen molar-refractivity contribution in [2.45, 2.75) is 25.8 Å². The molecule has 0 bridgehead atoms. The second-order valence-corrected chi connectivity index (χ2v) is 8.36. The number of benzene rings is 3. The summed E-state index contributed by atoms with van der Waals surface area (Å²) in [5.74, 6) is -0.794. The second kappa shape index (κ2) is 9.92. The Balaban J connectivity index is 1.54. The van der Waals surface area contributed by atoms with E-state index in [2.05, 4.69) is 5.32 Å². The smallest absolute Gasteiger partial charge is 0.256 e. The van der Waals surface area contributed by atoms with Gasteiger partial charge in [-0.2, -0.15) is 0 Å². The molecule has 1 aliphatic heterocycles. The number of nitrogens with zero attached hydrogens (tertiary/aromatic N) is 2. The molecule has 1 fully saturated rings. The van der Waals surface area contributed by atoms with Crippen molar-refractivity contribution < 1.29 is 14.0 Å². The van der Waals surface area contributed by atoms with Gasteiger partial charge in [0.2, 0.25) is 5.91 Å². The number of anilines is 2. The number of para-hydroxylation sites is 1. The standard InChI is InChI=1S/C26H24FN3O2S/c1-18-7-13-21(14-8-18)28-24(31)17-23-25(32)30(22-5-3-2-4-6-22)26(33)29(23)16-15-19-9-11-20(27)12-10-19/h2-14,23H,15-17H2,1H3,(H,28,31)/t23-/m0/s1. The Morgan fingerprint density at radius 1 is 1.00 bits per heavy atom. The maximum atomic E-state index is 13.4. The largest absolute Gasteiger partial charge is 0.336 e. The lowest BCUT2D eigenvalue weighted by molar-refractivity contribution is -0.124. The Kier molecular flexibility index (Phi) is 6.79. The molecule has 1 atom stereocenters. The molecule has 0 spiro atoms. The molecule has 4 rings (SSSR count). The highest BCUT2D eigenvalue weighted by molar-refractivity contribution is 7.80. The van der Waals surface area contributed by atoms with Gasteiger partial charge in [0.05, 0.1) is 12.1 Å². The van der Waals surface area contributed by atoms with E-state index >= 15 is 0 Å². The fraction of sp³-hybridized carbons (Fsp3) is 0.192. The van der Waals surface area contributed by atoms with E-state index in [1.54, 1.807) is 17.0 Å². The molecule has 0 unspecified atom stereocenters. The molecule has 3 aromatic carbocycles. The molecule has 1 saturated heterocycles. The summed E-state index contributed by atoms with van der Waals surface area (Å²) in [6.45, 7) is 2.41. The van der Waals surface area contributed by atoms with E-state index in [0.717, 1.165) is 11.1 Å². The van der Waals surface area contributed by atoms with E-state index in [1.807, 2.05) is 61.5 Å². The summed E-state index contributed by atoms with van der Waals surface area (Å²) in [5, 5.41) is 3.23. The fourth-order valence-corrected chi connectivity index (χ4v) is 4.24. The summed E-state index contributed by atoms with van der Waals surface area (Å²) < 4.78 is 13.3. The van der Waals surface area contributed by atoms with Crippen LogP contribution in [0.4, 0.5) is 15.8 Å². The number of thiocarbonyl (C=S) groups is 1. The molecule has 0 radical (unpaired) electrons. The lowest BCUT2D eigenvalue weighted by atomic mass is 10.1. The molecule has 33 heavy (non-hydrogen) atoms. The first-order valence-corrected chi connectivity index (χ1v) is 11.1. The molecule has 1 heterocycles. The maximum Gasteiger partial charge on any atom is 0.256 e. The Morgan fingerprint density at radius 2 is 1.67 bits per heavy atom. The van der Waals surface area contributed by atoms with Crippen LogP contribution in [-0.2, 0) is 16.0 Å². The summed E-state index contributed by atoms with van der Waals surface area (Å²) in [7, 11) is 0. The first-order valence-electron chi connectivity index (χ1n) is 10.7. The summed E-state index contributed by atoms with van der Waals surface area (Å²) >= 11 is 5.67. The van der Waals surface area contributed by atoms with Gasteiger partial charge in [-0.15, -0.1) is 0 Å². The van der Waals surface area contributed by atoms with Crippen LogP contribution in [0.25, 0.3) is 0 Å². The van der Waals surface area contributed by atoms with Gasteiger partial charge in [-0.3, -0.25) is 14.5 Å². The molecule has 0 saturated carbocycles. The Morgan fingerprint density at radius 3 is 2.33 bits per heavy atom. The maximum absolute atomic E-state index is 13.4. The Bertz CT molecular complexity index is 1150. The van der Waals surface area contributed by atoms with Gasteiger partial charge in [0, 0.05) is 12.2 Å². The minimum Gasteiger partial charge on any atom is -0.336 e. The first kappa shape index (κ1) is 22.6. The highest BCUT2D eigenvalue weighted by Crippen LogP contribution is 2.27. The molecule has 2 amide bonds. The predicted octanol–water partition coefficient (Wildman–Crippen LogP) is 4.71.